The minimum absolute atomic E-state index is 0.112. The van der Waals surface area contributed by atoms with E-state index in [2.05, 4.69) is 5.23 Å². The lowest BCUT2D eigenvalue weighted by molar-refractivity contribution is -0.137. The second kappa shape index (κ2) is 10.4. The van der Waals surface area contributed by atoms with Gasteiger partial charge in [-0.2, -0.15) is 0 Å². The number of carbonyl (C=O) groups is 2. The van der Waals surface area contributed by atoms with E-state index in [1.54, 1.807) is 12.1 Å². The fourth-order valence-electron chi connectivity index (χ4n) is 2.81. The Morgan fingerprint density at radius 3 is 2.46 bits per heavy atom. The van der Waals surface area contributed by atoms with Crippen LogP contribution in [-0.4, -0.2) is 29.9 Å². The highest BCUT2D eigenvalue weighted by Gasteiger charge is 2.27. The van der Waals surface area contributed by atoms with Gasteiger partial charge in [0, 0.05) is 17.5 Å². The molecule has 7 heteroatoms. The smallest absolute Gasteiger partial charge is 0.374 e. The Balaban J connectivity index is 2.16. The summed E-state index contributed by atoms with van der Waals surface area (Å²) < 4.78 is 5.51. The van der Waals surface area contributed by atoms with Crippen LogP contribution in [0.5, 0.6) is 5.75 Å². The molecule has 0 saturated heterocycles. The maximum absolute atomic E-state index is 12.7. The molecule has 148 valence electrons. The number of ketones is 1. The summed E-state index contributed by atoms with van der Waals surface area (Å²) in [6.45, 7) is 5.21. The summed E-state index contributed by atoms with van der Waals surface area (Å²) in [5.74, 6) is -0.685. The van der Waals surface area contributed by atoms with Crippen LogP contribution in [-0.2, 0) is 11.2 Å². The van der Waals surface area contributed by atoms with E-state index in [4.69, 9.17) is 16.3 Å². The maximum Gasteiger partial charge on any atom is 0.374 e. The molecule has 0 saturated carbocycles. The first-order valence-corrected chi connectivity index (χ1v) is 9.68. The molecular weight excluding hydrogens is 376 g/mol. The molecule has 0 bridgehead atoms. The van der Waals surface area contributed by atoms with E-state index >= 15 is 0 Å². The Morgan fingerprint density at radius 1 is 1.18 bits per heavy atom. The van der Waals surface area contributed by atoms with Crippen LogP contribution >= 0.6 is 11.6 Å². The summed E-state index contributed by atoms with van der Waals surface area (Å²) in [4.78, 5) is 25.3. The zero-order chi connectivity index (χ0) is 20.7. The molecule has 2 rings (SSSR count). The van der Waals surface area contributed by atoms with Crippen molar-refractivity contribution in [3.05, 3.63) is 64.7 Å². The number of aryl methyl sites for hydroxylation is 1. The first kappa shape index (κ1) is 22.1. The molecule has 0 amide bonds. The SMILES string of the molecule is CB(O)NC(C(=O)Oc1cc(Cl)ccc1C(=O)CCc1ccccc1)C(C)C. The number of carbonyl (C=O) groups excluding carboxylic acids is 2. The summed E-state index contributed by atoms with van der Waals surface area (Å²) in [6.07, 6.45) is 0.879. The Hall–Kier alpha value is -2.15. The molecule has 1 atom stereocenters. The van der Waals surface area contributed by atoms with Crippen LogP contribution in [0.15, 0.2) is 48.5 Å². The van der Waals surface area contributed by atoms with Crippen molar-refractivity contribution >= 4 is 30.4 Å². The fraction of sp³-hybridized carbons (Fsp3) is 0.333. The summed E-state index contributed by atoms with van der Waals surface area (Å²) >= 11 is 6.05. The summed E-state index contributed by atoms with van der Waals surface area (Å²) in [5, 5.41) is 12.7. The van der Waals surface area contributed by atoms with Crippen molar-refractivity contribution in [1.82, 2.24) is 5.23 Å². The normalized spacial score (nSPS) is 11.9. The number of Topliss-reactive ketones (excluding diaryl/α,β-unsaturated/α-hetero) is 1. The van der Waals surface area contributed by atoms with Gasteiger partial charge in [-0.3, -0.25) is 4.79 Å². The van der Waals surface area contributed by atoms with E-state index in [-0.39, 0.29) is 23.9 Å². The van der Waals surface area contributed by atoms with Crippen molar-refractivity contribution in [3.63, 3.8) is 0 Å². The van der Waals surface area contributed by atoms with Crippen molar-refractivity contribution in [3.8, 4) is 5.75 Å². The Labute approximate surface area is 171 Å². The molecule has 0 radical (unpaired) electrons. The zero-order valence-corrected chi connectivity index (χ0v) is 17.1. The number of benzene rings is 2. The van der Waals surface area contributed by atoms with Crippen LogP contribution < -0.4 is 9.96 Å². The molecule has 5 nitrogen and oxygen atoms in total. The third kappa shape index (κ3) is 6.48. The summed E-state index contributed by atoms with van der Waals surface area (Å²) in [5.41, 5.74) is 1.37. The lowest BCUT2D eigenvalue weighted by Gasteiger charge is -2.22. The number of rotatable bonds is 9. The highest BCUT2D eigenvalue weighted by molar-refractivity contribution is 6.46. The number of halogens is 1. The highest BCUT2D eigenvalue weighted by atomic mass is 35.5. The largest absolute Gasteiger partial charge is 0.437 e. The van der Waals surface area contributed by atoms with Gasteiger partial charge in [-0.25, -0.2) is 4.79 Å². The summed E-state index contributed by atoms with van der Waals surface area (Å²) in [7, 11) is -0.869. The molecule has 2 aromatic rings. The third-order valence-corrected chi connectivity index (χ3v) is 4.51. The second-order valence-corrected chi connectivity index (χ2v) is 7.47. The van der Waals surface area contributed by atoms with E-state index in [0.29, 0.717) is 17.0 Å². The van der Waals surface area contributed by atoms with Gasteiger partial charge in [0.15, 0.2) is 5.78 Å². The van der Waals surface area contributed by atoms with Gasteiger partial charge in [0.1, 0.15) is 11.8 Å². The number of hydrogen-bond acceptors (Lipinski definition) is 5. The molecule has 0 fully saturated rings. The van der Waals surface area contributed by atoms with Gasteiger partial charge in [0.2, 0.25) is 0 Å². The highest BCUT2D eigenvalue weighted by Crippen LogP contribution is 2.26. The van der Waals surface area contributed by atoms with Crippen LogP contribution in [0.4, 0.5) is 0 Å². The van der Waals surface area contributed by atoms with Crippen molar-refractivity contribution in [2.75, 3.05) is 0 Å². The molecule has 0 heterocycles. The van der Waals surface area contributed by atoms with E-state index in [0.717, 1.165) is 5.56 Å². The molecule has 0 aromatic heterocycles. The molecule has 2 N–H and O–H groups in total. The van der Waals surface area contributed by atoms with Gasteiger partial charge in [0.25, 0.3) is 0 Å². The average Bonchev–Trinajstić information content (AvgIpc) is 2.64. The van der Waals surface area contributed by atoms with Crippen LogP contribution in [0.3, 0.4) is 0 Å². The van der Waals surface area contributed by atoms with Gasteiger partial charge < -0.3 is 15.0 Å². The molecule has 0 spiro atoms. The molecule has 0 aliphatic rings. The molecule has 2 aromatic carbocycles. The average molecular weight is 402 g/mol. The van der Waals surface area contributed by atoms with Crippen LogP contribution in [0.1, 0.15) is 36.2 Å². The second-order valence-electron chi connectivity index (χ2n) is 7.03. The predicted molar refractivity (Wildman–Crippen MR) is 112 cm³/mol. The van der Waals surface area contributed by atoms with E-state index in [1.165, 1.54) is 12.9 Å². The molecule has 1 unspecified atom stereocenters. The molecular formula is C21H25BClNO4. The van der Waals surface area contributed by atoms with Gasteiger partial charge >= 0.3 is 13.0 Å². The number of hydrogen-bond donors (Lipinski definition) is 2. The summed E-state index contributed by atoms with van der Waals surface area (Å²) in [6, 6.07) is 13.6. The monoisotopic (exact) mass is 401 g/mol. The quantitative estimate of drug-likeness (QED) is 0.289. The zero-order valence-electron chi connectivity index (χ0n) is 16.3. The topological polar surface area (TPSA) is 75.6 Å². The fourth-order valence-corrected chi connectivity index (χ4v) is 2.97. The lowest BCUT2D eigenvalue weighted by Crippen LogP contribution is -2.49. The minimum atomic E-state index is -0.869. The Bertz CT molecular complexity index is 811. The van der Waals surface area contributed by atoms with Crippen molar-refractivity contribution in [2.24, 2.45) is 5.92 Å². The first-order chi connectivity index (χ1) is 13.3. The Morgan fingerprint density at radius 2 is 1.86 bits per heavy atom. The van der Waals surface area contributed by atoms with Gasteiger partial charge in [-0.05, 0) is 36.9 Å². The number of ether oxygens (including phenoxy) is 1. The number of esters is 1. The maximum atomic E-state index is 12.7. The van der Waals surface area contributed by atoms with Crippen molar-refractivity contribution in [1.29, 1.82) is 0 Å². The van der Waals surface area contributed by atoms with E-state index in [9.17, 15) is 14.6 Å². The van der Waals surface area contributed by atoms with Crippen LogP contribution in [0, 0.1) is 5.92 Å². The minimum Gasteiger partial charge on any atom is -0.437 e. The molecule has 0 aliphatic heterocycles. The first-order valence-electron chi connectivity index (χ1n) is 9.30. The molecule has 28 heavy (non-hydrogen) atoms. The third-order valence-electron chi connectivity index (χ3n) is 4.28. The van der Waals surface area contributed by atoms with Gasteiger partial charge in [0.05, 0.1) is 5.56 Å². The predicted octanol–water partition coefficient (Wildman–Crippen LogP) is 3.79. The lowest BCUT2D eigenvalue weighted by atomic mass is 9.85. The van der Waals surface area contributed by atoms with Crippen molar-refractivity contribution in [2.45, 2.75) is 39.6 Å². The van der Waals surface area contributed by atoms with Gasteiger partial charge in [-0.1, -0.05) is 55.8 Å². The van der Waals surface area contributed by atoms with Crippen molar-refractivity contribution < 1.29 is 19.3 Å². The standard InChI is InChI=1S/C21H25BClNO4/c1-14(2)20(24-22(3)27)21(26)28-19-13-16(23)10-11-17(19)18(25)12-9-15-7-5-4-6-8-15/h4-8,10-11,13-14,20,24,27H,9,12H2,1-3H3. The van der Waals surface area contributed by atoms with E-state index < -0.39 is 19.1 Å². The molecule has 0 aliphatic carbocycles. The Kier molecular flexibility index (Phi) is 8.24. The van der Waals surface area contributed by atoms with Gasteiger partial charge in [-0.15, -0.1) is 0 Å². The van der Waals surface area contributed by atoms with Crippen LogP contribution in [0.2, 0.25) is 11.8 Å². The van der Waals surface area contributed by atoms with Crippen LogP contribution in [0.25, 0.3) is 0 Å². The number of nitrogens with one attached hydrogen (secondary N) is 1. The van der Waals surface area contributed by atoms with E-state index in [1.807, 2.05) is 44.2 Å².